The molecule has 1 aliphatic heterocycles. The molecule has 0 aliphatic carbocycles. The Hall–Kier alpha value is -2.38. The molecule has 1 fully saturated rings. The van der Waals surface area contributed by atoms with Gasteiger partial charge in [0.2, 0.25) is 11.0 Å². The molecule has 130 valence electrons. The Morgan fingerprint density at radius 3 is 2.77 bits per heavy atom. The minimum Gasteiger partial charge on any atom is -0.493 e. The number of benzene rings is 2. The predicted molar refractivity (Wildman–Crippen MR) is 108 cm³/mol. The van der Waals surface area contributed by atoms with E-state index in [0.29, 0.717) is 16.9 Å². The van der Waals surface area contributed by atoms with E-state index in [1.807, 2.05) is 47.5 Å². The molecule has 2 aromatic carbocycles. The van der Waals surface area contributed by atoms with Crippen molar-refractivity contribution in [2.45, 2.75) is 13.0 Å². The van der Waals surface area contributed by atoms with Gasteiger partial charge in [-0.3, -0.25) is 0 Å². The second kappa shape index (κ2) is 6.10. The van der Waals surface area contributed by atoms with Gasteiger partial charge in [0.05, 0.1) is 21.8 Å². The van der Waals surface area contributed by atoms with Gasteiger partial charge in [-0.2, -0.15) is 11.8 Å². The van der Waals surface area contributed by atoms with Crippen LogP contribution in [0.2, 0.25) is 0 Å². The third-order valence-electron chi connectivity index (χ3n) is 4.61. The monoisotopic (exact) mass is 380 g/mol. The Balaban J connectivity index is 1.63. The lowest BCUT2D eigenvalue weighted by atomic mass is 10.1. The van der Waals surface area contributed by atoms with Crippen molar-refractivity contribution in [1.82, 2.24) is 9.55 Å². The van der Waals surface area contributed by atoms with Gasteiger partial charge >= 0.3 is 0 Å². The summed E-state index contributed by atoms with van der Waals surface area (Å²) in [6, 6.07) is 14.4. The van der Waals surface area contributed by atoms with Gasteiger partial charge in [-0.25, -0.2) is 4.98 Å². The van der Waals surface area contributed by atoms with Crippen molar-refractivity contribution in [2.24, 2.45) is 10.2 Å². The third-order valence-corrected chi connectivity index (χ3v) is 6.77. The Morgan fingerprint density at radius 1 is 1.15 bits per heavy atom. The van der Waals surface area contributed by atoms with E-state index in [-0.39, 0.29) is 5.88 Å². The normalized spacial score (nSPS) is 15.3. The number of hydrogen-bond acceptors (Lipinski definition) is 6. The maximum absolute atomic E-state index is 10.8. The van der Waals surface area contributed by atoms with Crippen LogP contribution in [0.5, 0.6) is 5.88 Å². The number of azo groups is 1. The number of thioether (sulfide) groups is 1. The minimum absolute atomic E-state index is 0.195. The smallest absolute Gasteiger partial charge is 0.231 e. The molecule has 0 unspecified atom stereocenters. The highest BCUT2D eigenvalue weighted by Gasteiger charge is 2.27. The van der Waals surface area contributed by atoms with Crippen LogP contribution in [-0.2, 0) is 0 Å². The first-order valence-corrected chi connectivity index (χ1v) is 10.4. The second-order valence-corrected chi connectivity index (χ2v) is 8.50. The van der Waals surface area contributed by atoms with Crippen LogP contribution >= 0.6 is 23.1 Å². The quantitative estimate of drug-likeness (QED) is 0.445. The number of fused-ring (bicyclic) bond motifs is 2. The summed E-state index contributed by atoms with van der Waals surface area (Å²) in [5.74, 6) is 2.22. The van der Waals surface area contributed by atoms with E-state index >= 15 is 0 Å². The highest BCUT2D eigenvalue weighted by molar-refractivity contribution is 8.00. The minimum atomic E-state index is 0.195. The number of aryl methyl sites for hydroxylation is 1. The van der Waals surface area contributed by atoms with Crippen LogP contribution in [0.1, 0.15) is 11.6 Å². The molecule has 4 aromatic rings. The number of nitrogens with zero attached hydrogens (tertiary/aromatic N) is 4. The van der Waals surface area contributed by atoms with Gasteiger partial charge < -0.3 is 9.67 Å². The number of para-hydroxylation sites is 1. The summed E-state index contributed by atoms with van der Waals surface area (Å²) in [7, 11) is 0. The van der Waals surface area contributed by atoms with Crippen molar-refractivity contribution in [2.75, 3.05) is 11.5 Å². The number of hydrogen-bond donors (Lipinski definition) is 1. The van der Waals surface area contributed by atoms with E-state index in [1.54, 1.807) is 0 Å². The third kappa shape index (κ3) is 2.50. The predicted octanol–water partition coefficient (Wildman–Crippen LogP) is 5.97. The lowest BCUT2D eigenvalue weighted by Gasteiger charge is -2.27. The Kier molecular flexibility index (Phi) is 3.72. The molecule has 0 amide bonds. The van der Waals surface area contributed by atoms with Crippen LogP contribution in [0.15, 0.2) is 52.7 Å². The molecule has 1 N–H and O–H groups in total. The zero-order valence-corrected chi connectivity index (χ0v) is 15.7. The molecule has 5 rings (SSSR count). The summed E-state index contributed by atoms with van der Waals surface area (Å²) in [4.78, 5) is 4.49. The largest absolute Gasteiger partial charge is 0.493 e. The van der Waals surface area contributed by atoms with Crippen LogP contribution < -0.4 is 0 Å². The molecule has 26 heavy (non-hydrogen) atoms. The molecular formula is C19H16N4OS2. The van der Waals surface area contributed by atoms with E-state index in [4.69, 9.17) is 0 Å². The number of aromatic nitrogens is 2. The molecule has 0 saturated carbocycles. The summed E-state index contributed by atoms with van der Waals surface area (Å²) < 4.78 is 3.08. The molecule has 0 bridgehead atoms. The van der Waals surface area contributed by atoms with Crippen molar-refractivity contribution in [1.29, 1.82) is 0 Å². The Morgan fingerprint density at radius 2 is 2.00 bits per heavy atom. The maximum atomic E-state index is 10.8. The molecule has 1 aliphatic rings. The zero-order valence-electron chi connectivity index (χ0n) is 14.1. The van der Waals surface area contributed by atoms with Crippen LogP contribution in [0.3, 0.4) is 0 Å². The van der Waals surface area contributed by atoms with E-state index in [2.05, 4.69) is 33.4 Å². The average Bonchev–Trinajstić information content (AvgIpc) is 3.11. The lowest BCUT2D eigenvalue weighted by molar-refractivity contribution is 0.406. The van der Waals surface area contributed by atoms with Crippen molar-refractivity contribution in [3.63, 3.8) is 0 Å². The summed E-state index contributed by atoms with van der Waals surface area (Å²) in [6.07, 6.45) is 0. The SMILES string of the molecule is Cc1ccc2c(c1)c(N=Nc1nc3ccccc3s1)c(O)n2C1CSC1. The highest BCUT2D eigenvalue weighted by atomic mass is 32.2. The molecule has 3 heterocycles. The standard InChI is InChI=1S/C19H16N4OS2/c1-11-6-7-15-13(8-11)17(18(24)23(15)12-9-25-10-12)21-22-19-20-14-4-2-3-5-16(14)26-19/h2-8,12,24H,9-10H2,1H3. The van der Waals surface area contributed by atoms with Gasteiger partial charge in [0.15, 0.2) is 5.69 Å². The molecule has 0 radical (unpaired) electrons. The molecule has 0 spiro atoms. The number of rotatable bonds is 3. The zero-order chi connectivity index (χ0) is 17.7. The van der Waals surface area contributed by atoms with Gasteiger partial charge in [0, 0.05) is 16.9 Å². The van der Waals surface area contributed by atoms with Crippen LogP contribution in [0, 0.1) is 6.92 Å². The van der Waals surface area contributed by atoms with Crippen molar-refractivity contribution in [3.05, 3.63) is 48.0 Å². The summed E-state index contributed by atoms with van der Waals surface area (Å²) >= 11 is 3.38. The first kappa shape index (κ1) is 15.8. The fourth-order valence-electron chi connectivity index (χ4n) is 3.23. The molecule has 0 atom stereocenters. The fraction of sp³-hybridized carbons (Fsp3) is 0.211. The van der Waals surface area contributed by atoms with E-state index in [9.17, 15) is 5.11 Å². The molecule has 7 heteroatoms. The topological polar surface area (TPSA) is 62.8 Å². The Labute approximate surface area is 158 Å². The van der Waals surface area contributed by atoms with E-state index in [1.165, 1.54) is 11.3 Å². The van der Waals surface area contributed by atoms with Gasteiger partial charge in [-0.15, -0.1) is 10.2 Å². The number of aromatic hydroxyl groups is 1. The summed E-state index contributed by atoms with van der Waals surface area (Å²) in [5, 5.41) is 21.1. The second-order valence-electron chi connectivity index (χ2n) is 6.42. The molecular weight excluding hydrogens is 364 g/mol. The Bertz CT molecular complexity index is 1120. The van der Waals surface area contributed by atoms with Crippen LogP contribution in [-0.4, -0.2) is 26.2 Å². The number of thiazole rings is 1. The van der Waals surface area contributed by atoms with Gasteiger partial charge in [-0.05, 0) is 31.2 Å². The molecule has 1 saturated heterocycles. The van der Waals surface area contributed by atoms with E-state index < -0.39 is 0 Å². The van der Waals surface area contributed by atoms with Gasteiger partial charge in [0.1, 0.15) is 0 Å². The maximum Gasteiger partial charge on any atom is 0.231 e. The van der Waals surface area contributed by atoms with Crippen molar-refractivity contribution < 1.29 is 5.11 Å². The van der Waals surface area contributed by atoms with Gasteiger partial charge in [0.25, 0.3) is 0 Å². The molecule has 5 nitrogen and oxygen atoms in total. The van der Waals surface area contributed by atoms with E-state index in [0.717, 1.165) is 38.2 Å². The summed E-state index contributed by atoms with van der Waals surface area (Å²) in [6.45, 7) is 2.04. The highest BCUT2D eigenvalue weighted by Crippen LogP contribution is 2.45. The first-order chi connectivity index (χ1) is 12.7. The van der Waals surface area contributed by atoms with Crippen molar-refractivity contribution in [3.8, 4) is 5.88 Å². The van der Waals surface area contributed by atoms with Crippen LogP contribution in [0.4, 0.5) is 10.8 Å². The van der Waals surface area contributed by atoms with Crippen molar-refractivity contribution >= 4 is 55.0 Å². The first-order valence-electron chi connectivity index (χ1n) is 8.39. The fourth-order valence-corrected chi connectivity index (χ4v) is 4.77. The average molecular weight is 380 g/mol. The summed E-state index contributed by atoms with van der Waals surface area (Å²) in [5.41, 5.74) is 3.59. The van der Waals surface area contributed by atoms with Gasteiger partial charge in [-0.1, -0.05) is 35.1 Å². The lowest BCUT2D eigenvalue weighted by Crippen LogP contribution is -2.22. The van der Waals surface area contributed by atoms with Crippen LogP contribution in [0.25, 0.3) is 21.1 Å². The molecule has 2 aromatic heterocycles.